The van der Waals surface area contributed by atoms with Crippen molar-refractivity contribution in [1.82, 2.24) is 25.1 Å². The van der Waals surface area contributed by atoms with Crippen LogP contribution in [0.4, 0.5) is 0 Å². The molecule has 2 aromatic rings. The number of nitrogens with one attached hydrogen (secondary N) is 1. The summed E-state index contributed by atoms with van der Waals surface area (Å²) >= 11 is 7.39. The Bertz CT molecular complexity index is 760. The van der Waals surface area contributed by atoms with E-state index in [1.165, 1.54) is 11.8 Å². The fourth-order valence-corrected chi connectivity index (χ4v) is 3.73. The number of aromatic nitrogens is 4. The van der Waals surface area contributed by atoms with E-state index in [2.05, 4.69) is 26.6 Å². The second-order valence-electron chi connectivity index (χ2n) is 5.57. The van der Waals surface area contributed by atoms with Gasteiger partial charge in [0.25, 0.3) is 0 Å². The summed E-state index contributed by atoms with van der Waals surface area (Å²) < 4.78 is 2.00. The Kier molecular flexibility index (Phi) is 4.85. The molecule has 3 heterocycles. The van der Waals surface area contributed by atoms with Gasteiger partial charge < -0.3 is 9.88 Å². The molecule has 0 bridgehead atoms. The molecule has 0 amide bonds. The highest BCUT2D eigenvalue weighted by Crippen LogP contribution is 2.32. The van der Waals surface area contributed by atoms with Crippen molar-refractivity contribution in [2.24, 2.45) is 7.05 Å². The first-order valence-electron chi connectivity index (χ1n) is 7.45. The Hall–Kier alpha value is -1.62. The molecule has 6 nitrogen and oxygen atoms in total. The SMILES string of the molecule is Cc1c(Cl)cnc(Sc2nnc([C@H]3CCCNC3)n2C)c1C#N. The number of rotatable bonds is 3. The Balaban J connectivity index is 1.89. The lowest BCUT2D eigenvalue weighted by Crippen LogP contribution is -2.29. The van der Waals surface area contributed by atoms with E-state index >= 15 is 0 Å². The lowest BCUT2D eigenvalue weighted by molar-refractivity contribution is 0.436. The maximum Gasteiger partial charge on any atom is 0.197 e. The van der Waals surface area contributed by atoms with Gasteiger partial charge in [0.05, 0.1) is 10.6 Å². The maximum atomic E-state index is 9.37. The van der Waals surface area contributed by atoms with Crippen LogP contribution in [0.2, 0.25) is 5.02 Å². The van der Waals surface area contributed by atoms with Gasteiger partial charge in [-0.25, -0.2) is 4.98 Å². The van der Waals surface area contributed by atoms with Crippen molar-refractivity contribution in [3.63, 3.8) is 0 Å². The van der Waals surface area contributed by atoms with Crippen LogP contribution in [0.15, 0.2) is 16.4 Å². The predicted octanol–water partition coefficient (Wildman–Crippen LogP) is 2.66. The molecule has 1 saturated heterocycles. The van der Waals surface area contributed by atoms with Crippen molar-refractivity contribution in [3.05, 3.63) is 28.2 Å². The van der Waals surface area contributed by atoms with Gasteiger partial charge in [0.15, 0.2) is 5.16 Å². The van der Waals surface area contributed by atoms with Gasteiger partial charge >= 0.3 is 0 Å². The van der Waals surface area contributed by atoms with E-state index < -0.39 is 0 Å². The van der Waals surface area contributed by atoms with Crippen molar-refractivity contribution < 1.29 is 0 Å². The van der Waals surface area contributed by atoms with Crippen LogP contribution in [0.3, 0.4) is 0 Å². The Morgan fingerprint density at radius 2 is 2.30 bits per heavy atom. The number of halogens is 1. The quantitative estimate of drug-likeness (QED) is 0.918. The lowest BCUT2D eigenvalue weighted by atomic mass is 9.99. The fraction of sp³-hybridized carbons (Fsp3) is 0.467. The van der Waals surface area contributed by atoms with Gasteiger partial charge in [-0.15, -0.1) is 10.2 Å². The van der Waals surface area contributed by atoms with E-state index in [0.717, 1.165) is 42.5 Å². The van der Waals surface area contributed by atoms with Crippen molar-refractivity contribution in [1.29, 1.82) is 5.26 Å². The summed E-state index contributed by atoms with van der Waals surface area (Å²) in [6.07, 6.45) is 3.84. The molecule has 1 aliphatic heterocycles. The molecule has 120 valence electrons. The van der Waals surface area contributed by atoms with Gasteiger partial charge in [0.1, 0.15) is 16.9 Å². The summed E-state index contributed by atoms with van der Waals surface area (Å²) in [4.78, 5) is 4.28. The average molecular weight is 349 g/mol. The zero-order chi connectivity index (χ0) is 16.4. The monoisotopic (exact) mass is 348 g/mol. The molecule has 2 aromatic heterocycles. The van der Waals surface area contributed by atoms with Crippen LogP contribution < -0.4 is 5.32 Å². The van der Waals surface area contributed by atoms with E-state index in [9.17, 15) is 5.26 Å². The van der Waals surface area contributed by atoms with Gasteiger partial charge in [0, 0.05) is 25.7 Å². The minimum atomic E-state index is 0.381. The molecule has 0 unspecified atom stereocenters. The molecule has 0 aromatic carbocycles. The van der Waals surface area contributed by atoms with E-state index in [0.29, 0.717) is 21.5 Å². The van der Waals surface area contributed by atoms with E-state index in [1.807, 2.05) is 18.5 Å². The zero-order valence-corrected chi connectivity index (χ0v) is 14.6. The molecule has 0 aliphatic carbocycles. The maximum absolute atomic E-state index is 9.37. The first-order valence-corrected chi connectivity index (χ1v) is 8.64. The summed E-state index contributed by atoms with van der Waals surface area (Å²) in [6, 6.07) is 2.18. The van der Waals surface area contributed by atoms with Gasteiger partial charge in [-0.05, 0) is 43.6 Å². The van der Waals surface area contributed by atoms with Crippen LogP contribution in [0, 0.1) is 18.3 Å². The minimum absolute atomic E-state index is 0.381. The van der Waals surface area contributed by atoms with E-state index in [-0.39, 0.29) is 0 Å². The van der Waals surface area contributed by atoms with Crippen LogP contribution in [-0.2, 0) is 7.05 Å². The number of pyridine rings is 1. The highest BCUT2D eigenvalue weighted by atomic mass is 35.5. The molecule has 0 saturated carbocycles. The molecule has 1 fully saturated rings. The van der Waals surface area contributed by atoms with Crippen LogP contribution in [0.5, 0.6) is 0 Å². The van der Waals surface area contributed by atoms with Gasteiger partial charge in [-0.3, -0.25) is 0 Å². The third-order valence-electron chi connectivity index (χ3n) is 4.07. The Morgan fingerprint density at radius 3 is 3.00 bits per heavy atom. The topological polar surface area (TPSA) is 79.4 Å². The largest absolute Gasteiger partial charge is 0.316 e. The zero-order valence-electron chi connectivity index (χ0n) is 13.0. The summed E-state index contributed by atoms with van der Waals surface area (Å²) in [6.45, 7) is 3.82. The molecule has 0 spiro atoms. The summed E-state index contributed by atoms with van der Waals surface area (Å²) in [5, 5.41) is 23.2. The molecular formula is C15H17ClN6S. The highest BCUT2D eigenvalue weighted by Gasteiger charge is 2.23. The van der Waals surface area contributed by atoms with Gasteiger partial charge in [0.2, 0.25) is 0 Å². The van der Waals surface area contributed by atoms with Crippen molar-refractivity contribution in [2.45, 2.75) is 35.9 Å². The van der Waals surface area contributed by atoms with Crippen molar-refractivity contribution >= 4 is 23.4 Å². The Labute approximate surface area is 144 Å². The second kappa shape index (κ2) is 6.87. The van der Waals surface area contributed by atoms with E-state index in [1.54, 1.807) is 6.20 Å². The molecule has 1 atom stereocenters. The lowest BCUT2D eigenvalue weighted by Gasteiger charge is -2.21. The molecule has 23 heavy (non-hydrogen) atoms. The molecular weight excluding hydrogens is 332 g/mol. The average Bonchev–Trinajstić information content (AvgIpc) is 2.93. The number of piperidine rings is 1. The third-order valence-corrected chi connectivity index (χ3v) is 5.49. The number of hydrogen-bond donors (Lipinski definition) is 1. The second-order valence-corrected chi connectivity index (χ2v) is 6.93. The molecule has 0 radical (unpaired) electrons. The highest BCUT2D eigenvalue weighted by molar-refractivity contribution is 7.99. The third kappa shape index (κ3) is 3.20. The number of hydrogen-bond acceptors (Lipinski definition) is 6. The van der Waals surface area contributed by atoms with Gasteiger partial charge in [-0.2, -0.15) is 5.26 Å². The summed E-state index contributed by atoms with van der Waals surface area (Å²) in [7, 11) is 1.96. The Morgan fingerprint density at radius 1 is 1.48 bits per heavy atom. The van der Waals surface area contributed by atoms with Crippen molar-refractivity contribution in [2.75, 3.05) is 13.1 Å². The molecule has 1 N–H and O–H groups in total. The molecule has 3 rings (SSSR count). The predicted molar refractivity (Wildman–Crippen MR) is 88.7 cm³/mol. The fourth-order valence-electron chi connectivity index (χ4n) is 2.69. The van der Waals surface area contributed by atoms with Crippen LogP contribution in [-0.4, -0.2) is 32.8 Å². The normalized spacial score (nSPS) is 17.9. The van der Waals surface area contributed by atoms with Crippen LogP contribution in [0.25, 0.3) is 0 Å². The van der Waals surface area contributed by atoms with E-state index in [4.69, 9.17) is 11.6 Å². The smallest absolute Gasteiger partial charge is 0.197 e. The molecule has 1 aliphatic rings. The van der Waals surface area contributed by atoms with Crippen LogP contribution >= 0.6 is 23.4 Å². The molecule has 8 heteroatoms. The van der Waals surface area contributed by atoms with Crippen molar-refractivity contribution in [3.8, 4) is 6.07 Å². The standard InChI is InChI=1S/C15H17ClN6S/c1-9-11(6-17)14(19-8-12(9)16)23-15-21-20-13(22(15)2)10-4-3-5-18-7-10/h8,10,18H,3-5,7H2,1-2H3/t10-/m0/s1. The van der Waals surface area contributed by atoms with Gasteiger partial charge in [-0.1, -0.05) is 11.6 Å². The number of nitrogens with zero attached hydrogens (tertiary/aromatic N) is 5. The summed E-state index contributed by atoms with van der Waals surface area (Å²) in [5.41, 5.74) is 1.23. The first-order chi connectivity index (χ1) is 11.1. The minimum Gasteiger partial charge on any atom is -0.316 e. The summed E-state index contributed by atoms with van der Waals surface area (Å²) in [5.74, 6) is 1.36. The van der Waals surface area contributed by atoms with Crippen LogP contribution in [0.1, 0.15) is 35.7 Å². The first kappa shape index (κ1) is 16.2. The number of nitriles is 1.